The molecule has 0 amide bonds. The number of nitrogens with one attached hydrogen (secondary N) is 1. The van der Waals surface area contributed by atoms with Crippen molar-refractivity contribution in [3.05, 3.63) is 18.5 Å². The van der Waals surface area contributed by atoms with Gasteiger partial charge in [-0.2, -0.15) is 17.5 Å². The van der Waals surface area contributed by atoms with Crippen LogP contribution in [0.2, 0.25) is 0 Å². The Labute approximate surface area is 125 Å². The molecule has 2 aliphatic rings. The van der Waals surface area contributed by atoms with Crippen LogP contribution >= 0.6 is 0 Å². The fraction of sp³-hybridized carbons (Fsp3) is 0.667. The van der Waals surface area contributed by atoms with Crippen LogP contribution in [-0.4, -0.2) is 47.3 Å². The largest absolute Gasteiger partial charge is 0.511 e. The Morgan fingerprint density at radius 1 is 1.27 bits per heavy atom. The summed E-state index contributed by atoms with van der Waals surface area (Å²) in [7, 11) is -5.21. The first-order chi connectivity index (χ1) is 10.2. The molecule has 10 heteroatoms. The molecule has 1 aromatic heterocycles. The van der Waals surface area contributed by atoms with Gasteiger partial charge in [-0.3, -0.25) is 0 Å². The second-order valence-corrected chi connectivity index (χ2v) is 7.79. The molecule has 0 radical (unpaired) electrons. The highest BCUT2D eigenvalue weighted by Gasteiger charge is 2.57. The molecule has 0 bridgehead atoms. The summed E-state index contributed by atoms with van der Waals surface area (Å²) in [5.74, 6) is 0.472. The molecule has 122 valence electrons. The Hall–Kier alpha value is -1.42. The maximum Gasteiger partial charge on any atom is 0.511 e. The summed E-state index contributed by atoms with van der Waals surface area (Å²) >= 11 is 0. The first-order valence-corrected chi connectivity index (χ1v) is 8.26. The number of hydrogen-bond acceptors (Lipinski definition) is 5. The fourth-order valence-electron chi connectivity index (χ4n) is 3.22. The predicted octanol–water partition coefficient (Wildman–Crippen LogP) is 1.59. The van der Waals surface area contributed by atoms with Gasteiger partial charge >= 0.3 is 15.5 Å². The Morgan fingerprint density at radius 2 is 1.91 bits per heavy atom. The van der Waals surface area contributed by atoms with Crippen molar-refractivity contribution in [3.8, 4) is 0 Å². The van der Waals surface area contributed by atoms with Crippen LogP contribution in [0.5, 0.6) is 0 Å². The standard InChI is InChI=1S/C12H15F3N4O2S/c13-12(14,15)22(20,21)19-5-2-11(8-19)6-9(7-11)18-10-16-3-1-4-17-10/h1,3-4,9H,2,5-8H2,(H,16,17,18). The van der Waals surface area contributed by atoms with E-state index in [0.717, 1.165) is 0 Å². The molecule has 1 N–H and O–H groups in total. The van der Waals surface area contributed by atoms with Gasteiger partial charge in [-0.1, -0.05) is 0 Å². The van der Waals surface area contributed by atoms with E-state index in [2.05, 4.69) is 15.3 Å². The van der Waals surface area contributed by atoms with Crippen LogP contribution < -0.4 is 5.32 Å². The van der Waals surface area contributed by atoms with E-state index in [1.54, 1.807) is 18.5 Å². The summed E-state index contributed by atoms with van der Waals surface area (Å²) in [4.78, 5) is 8.05. The third kappa shape index (κ3) is 2.65. The summed E-state index contributed by atoms with van der Waals surface area (Å²) in [5.41, 5.74) is -5.58. The Bertz CT molecular complexity index is 644. The molecule has 2 heterocycles. The number of hydrogen-bond donors (Lipinski definition) is 1. The number of sulfonamides is 1. The molecule has 1 aromatic rings. The zero-order chi connectivity index (χ0) is 16.0. The molecule has 1 saturated carbocycles. The quantitative estimate of drug-likeness (QED) is 0.907. The Morgan fingerprint density at radius 3 is 2.50 bits per heavy atom. The van der Waals surface area contributed by atoms with E-state index in [0.29, 0.717) is 29.5 Å². The third-order valence-corrected chi connectivity index (χ3v) is 5.87. The Kier molecular flexibility index (Phi) is 3.55. The van der Waals surface area contributed by atoms with Gasteiger partial charge in [-0.25, -0.2) is 18.4 Å². The van der Waals surface area contributed by atoms with Gasteiger partial charge in [-0.15, -0.1) is 0 Å². The van der Waals surface area contributed by atoms with Crippen molar-refractivity contribution in [2.75, 3.05) is 18.4 Å². The monoisotopic (exact) mass is 336 g/mol. The van der Waals surface area contributed by atoms with Crippen molar-refractivity contribution in [2.24, 2.45) is 5.41 Å². The molecule has 1 aliphatic heterocycles. The number of alkyl halides is 3. The van der Waals surface area contributed by atoms with E-state index in [1.807, 2.05) is 0 Å². The van der Waals surface area contributed by atoms with Crippen LogP contribution in [0.3, 0.4) is 0 Å². The highest BCUT2D eigenvalue weighted by Crippen LogP contribution is 2.50. The summed E-state index contributed by atoms with van der Waals surface area (Å²) in [6, 6.07) is 1.75. The lowest BCUT2D eigenvalue weighted by atomic mass is 9.65. The van der Waals surface area contributed by atoms with Gasteiger partial charge in [0.05, 0.1) is 0 Å². The molecule has 6 nitrogen and oxygen atoms in total. The topological polar surface area (TPSA) is 75.2 Å². The van der Waals surface area contributed by atoms with Gasteiger partial charge in [0.15, 0.2) is 0 Å². The van der Waals surface area contributed by atoms with Crippen LogP contribution in [0.15, 0.2) is 18.5 Å². The predicted molar refractivity (Wildman–Crippen MR) is 72.3 cm³/mol. The van der Waals surface area contributed by atoms with E-state index in [1.165, 1.54) is 0 Å². The molecule has 2 fully saturated rings. The maximum atomic E-state index is 12.6. The van der Waals surface area contributed by atoms with E-state index in [4.69, 9.17) is 0 Å². The molecule has 0 atom stereocenters. The minimum atomic E-state index is -5.22. The van der Waals surface area contributed by atoms with Gasteiger partial charge in [0.1, 0.15) is 0 Å². The third-order valence-electron chi connectivity index (χ3n) is 4.29. The number of anilines is 1. The molecule has 3 rings (SSSR count). The van der Waals surface area contributed by atoms with Crippen molar-refractivity contribution < 1.29 is 21.6 Å². The number of rotatable bonds is 3. The van der Waals surface area contributed by atoms with Crippen molar-refractivity contribution in [3.63, 3.8) is 0 Å². The van der Waals surface area contributed by atoms with Gasteiger partial charge in [0, 0.05) is 31.5 Å². The SMILES string of the molecule is O=S(=O)(N1CCC2(CC(Nc3ncccn3)C2)C1)C(F)(F)F. The normalized spacial score (nSPS) is 29.5. The molecule has 0 unspecified atom stereocenters. The molecular weight excluding hydrogens is 321 g/mol. The first kappa shape index (κ1) is 15.5. The zero-order valence-corrected chi connectivity index (χ0v) is 12.4. The average Bonchev–Trinajstić information content (AvgIpc) is 2.84. The van der Waals surface area contributed by atoms with Crippen LogP contribution in [0.25, 0.3) is 0 Å². The van der Waals surface area contributed by atoms with Gasteiger partial charge in [0.25, 0.3) is 0 Å². The molecular formula is C12H15F3N4O2S. The van der Waals surface area contributed by atoms with Crippen LogP contribution in [-0.2, 0) is 10.0 Å². The molecule has 1 spiro atoms. The minimum absolute atomic E-state index is 0.0657. The molecule has 22 heavy (non-hydrogen) atoms. The van der Waals surface area contributed by atoms with Crippen molar-refractivity contribution >= 4 is 16.0 Å². The van der Waals surface area contributed by atoms with Gasteiger partial charge in [0.2, 0.25) is 5.95 Å². The van der Waals surface area contributed by atoms with Gasteiger partial charge in [-0.05, 0) is 30.7 Å². The van der Waals surface area contributed by atoms with Gasteiger partial charge < -0.3 is 5.32 Å². The van der Waals surface area contributed by atoms with E-state index in [-0.39, 0.29) is 24.5 Å². The lowest BCUT2D eigenvalue weighted by Crippen LogP contribution is -2.48. The van der Waals surface area contributed by atoms with E-state index in [9.17, 15) is 21.6 Å². The maximum absolute atomic E-state index is 12.6. The summed E-state index contributed by atoms with van der Waals surface area (Å²) in [6.45, 7) is -0.140. The number of nitrogens with zero attached hydrogens (tertiary/aromatic N) is 3. The highest BCUT2D eigenvalue weighted by atomic mass is 32.2. The molecule has 0 aromatic carbocycles. The summed E-state index contributed by atoms with van der Waals surface area (Å²) in [6.07, 6.45) is 4.88. The molecule has 1 aliphatic carbocycles. The lowest BCUT2D eigenvalue weighted by Gasteiger charge is -2.45. The second kappa shape index (κ2) is 5.05. The summed E-state index contributed by atoms with van der Waals surface area (Å²) in [5, 5.41) is 3.10. The lowest BCUT2D eigenvalue weighted by molar-refractivity contribution is -0.0487. The number of halogens is 3. The minimum Gasteiger partial charge on any atom is -0.351 e. The number of aromatic nitrogens is 2. The van der Waals surface area contributed by atoms with E-state index >= 15 is 0 Å². The first-order valence-electron chi connectivity index (χ1n) is 6.82. The Balaban J connectivity index is 1.59. The van der Waals surface area contributed by atoms with Crippen LogP contribution in [0.1, 0.15) is 19.3 Å². The van der Waals surface area contributed by atoms with Crippen molar-refractivity contribution in [1.29, 1.82) is 0 Å². The smallest absolute Gasteiger partial charge is 0.351 e. The highest BCUT2D eigenvalue weighted by molar-refractivity contribution is 7.90. The van der Waals surface area contributed by atoms with Crippen LogP contribution in [0, 0.1) is 5.41 Å². The van der Waals surface area contributed by atoms with Crippen molar-refractivity contribution in [1.82, 2.24) is 14.3 Å². The average molecular weight is 336 g/mol. The van der Waals surface area contributed by atoms with Crippen molar-refractivity contribution in [2.45, 2.75) is 30.8 Å². The second-order valence-electron chi connectivity index (χ2n) is 5.86. The molecule has 1 saturated heterocycles. The van der Waals surface area contributed by atoms with E-state index < -0.39 is 15.5 Å². The zero-order valence-electron chi connectivity index (χ0n) is 11.5. The fourth-order valence-corrected chi connectivity index (χ4v) is 4.29. The summed E-state index contributed by atoms with van der Waals surface area (Å²) < 4.78 is 61.1. The van der Waals surface area contributed by atoms with Crippen LogP contribution in [0.4, 0.5) is 19.1 Å².